The van der Waals surface area contributed by atoms with Crippen molar-refractivity contribution in [2.45, 2.75) is 26.1 Å². The molecule has 2 amide bonds. The summed E-state index contributed by atoms with van der Waals surface area (Å²) in [5.74, 6) is 0.123. The monoisotopic (exact) mass is 423 g/mol. The first-order valence-corrected chi connectivity index (χ1v) is 10.4. The quantitative estimate of drug-likeness (QED) is 0.687. The molecule has 3 atom stereocenters. The fourth-order valence-corrected chi connectivity index (χ4v) is 4.23. The van der Waals surface area contributed by atoms with Gasteiger partial charge in [0.2, 0.25) is 11.8 Å². The summed E-state index contributed by atoms with van der Waals surface area (Å²) in [6.45, 7) is 6.77. The number of hydrogen-bond acceptors (Lipinski definition) is 6. The van der Waals surface area contributed by atoms with E-state index in [1.807, 2.05) is 25.1 Å². The Morgan fingerprint density at radius 3 is 2.65 bits per heavy atom. The number of fused-ring (bicyclic) bond motifs is 1. The smallest absolute Gasteiger partial charge is 0.248 e. The van der Waals surface area contributed by atoms with Gasteiger partial charge in [-0.1, -0.05) is 24.9 Å². The number of piperazine rings is 1. The van der Waals surface area contributed by atoms with Gasteiger partial charge in [0.1, 0.15) is 6.23 Å². The van der Waals surface area contributed by atoms with Gasteiger partial charge in [-0.25, -0.2) is 0 Å². The first-order chi connectivity index (χ1) is 14.9. The summed E-state index contributed by atoms with van der Waals surface area (Å²) in [5, 5.41) is 19.0. The predicted octanol–water partition coefficient (Wildman–Crippen LogP) is 1.66. The molecule has 1 fully saturated rings. The minimum absolute atomic E-state index is 0.287. The number of nitrogens with one attached hydrogen (secondary N) is 1. The molecule has 9 nitrogen and oxygen atoms in total. The fourth-order valence-electron chi connectivity index (χ4n) is 4.23. The van der Waals surface area contributed by atoms with E-state index in [-0.39, 0.29) is 5.91 Å². The van der Waals surface area contributed by atoms with E-state index in [0.717, 1.165) is 32.0 Å². The first kappa shape index (κ1) is 21.1. The Bertz CT molecular complexity index is 991. The summed E-state index contributed by atoms with van der Waals surface area (Å²) >= 11 is 0. The van der Waals surface area contributed by atoms with E-state index in [1.165, 1.54) is 11.8 Å². The van der Waals surface area contributed by atoms with Crippen LogP contribution in [0.4, 0.5) is 17.3 Å². The number of aliphatic hydroxyl groups is 1. The van der Waals surface area contributed by atoms with E-state index in [1.54, 1.807) is 18.2 Å². The number of aliphatic hydroxyl groups excluding tert-OH is 1. The van der Waals surface area contributed by atoms with Crippen molar-refractivity contribution in [3.63, 3.8) is 0 Å². The topological polar surface area (TPSA) is 126 Å². The number of pyridine rings is 1. The highest BCUT2D eigenvalue weighted by atomic mass is 16.3. The molecular formula is C22H27N6O3-. The third-order valence-electron chi connectivity index (χ3n) is 5.89. The zero-order valence-corrected chi connectivity index (χ0v) is 17.7. The van der Waals surface area contributed by atoms with Crippen molar-refractivity contribution in [1.29, 1.82) is 0 Å². The Morgan fingerprint density at radius 2 is 1.97 bits per heavy atom. The van der Waals surface area contributed by atoms with Crippen molar-refractivity contribution in [3.05, 3.63) is 52.8 Å². The third-order valence-corrected chi connectivity index (χ3v) is 5.89. The van der Waals surface area contributed by atoms with Crippen LogP contribution < -0.4 is 20.9 Å². The molecule has 0 bridgehead atoms. The molecule has 0 aliphatic carbocycles. The summed E-state index contributed by atoms with van der Waals surface area (Å²) in [7, 11) is 0. The van der Waals surface area contributed by atoms with Crippen LogP contribution in [0.15, 0.2) is 36.4 Å². The largest absolute Gasteiger partial charge is 0.457 e. The number of carbonyl (C=O) groups is 2. The lowest BCUT2D eigenvalue weighted by molar-refractivity contribution is -0.119. The van der Waals surface area contributed by atoms with Crippen LogP contribution in [0.2, 0.25) is 0 Å². The van der Waals surface area contributed by atoms with Gasteiger partial charge in [-0.3, -0.25) is 14.5 Å². The zero-order valence-electron chi connectivity index (χ0n) is 17.7. The van der Waals surface area contributed by atoms with Crippen LogP contribution >= 0.6 is 0 Å². The van der Waals surface area contributed by atoms with Crippen molar-refractivity contribution >= 4 is 29.1 Å². The molecule has 0 spiro atoms. The fraction of sp³-hybridized carbons (Fsp3) is 0.409. The Kier molecular flexibility index (Phi) is 5.79. The molecule has 1 aromatic heterocycles. The molecule has 2 aromatic rings. The van der Waals surface area contributed by atoms with Gasteiger partial charge in [0.05, 0.1) is 0 Å². The van der Waals surface area contributed by atoms with Crippen molar-refractivity contribution in [3.8, 4) is 0 Å². The number of hydrogen-bond donors (Lipinski definition) is 3. The second-order valence-electron chi connectivity index (χ2n) is 7.96. The van der Waals surface area contributed by atoms with Crippen molar-refractivity contribution in [1.82, 2.24) is 10.3 Å². The number of nitrogens with zero attached hydrogens (tertiary/aromatic N) is 4. The highest BCUT2D eigenvalue weighted by molar-refractivity contribution is 5.97. The van der Waals surface area contributed by atoms with Gasteiger partial charge in [0.25, 0.3) is 0 Å². The van der Waals surface area contributed by atoms with Crippen molar-refractivity contribution in [2.24, 2.45) is 11.7 Å². The van der Waals surface area contributed by atoms with E-state index < -0.39 is 24.1 Å². The lowest BCUT2D eigenvalue weighted by atomic mass is 9.85. The summed E-state index contributed by atoms with van der Waals surface area (Å²) in [6, 6.07) is 10.0. The second kappa shape index (κ2) is 8.52. The molecule has 2 aliphatic heterocycles. The number of carbonyl (C=O) groups excluding carboxylic acids is 2. The summed E-state index contributed by atoms with van der Waals surface area (Å²) < 4.78 is 0. The molecule has 1 saturated heterocycles. The molecule has 4 rings (SSSR count). The summed E-state index contributed by atoms with van der Waals surface area (Å²) in [5.41, 5.74) is 7.00. The van der Waals surface area contributed by atoms with E-state index >= 15 is 0 Å². The Morgan fingerprint density at radius 1 is 1.23 bits per heavy atom. The van der Waals surface area contributed by atoms with E-state index in [2.05, 4.69) is 10.2 Å². The Hall–Kier alpha value is -3.17. The molecule has 1 unspecified atom stereocenters. The summed E-state index contributed by atoms with van der Waals surface area (Å²) in [4.78, 5) is 32.3. The first-order valence-electron chi connectivity index (χ1n) is 10.4. The van der Waals surface area contributed by atoms with Gasteiger partial charge in [0.15, 0.2) is 0 Å². The average molecular weight is 423 g/mol. The number of primary amides is 1. The maximum absolute atomic E-state index is 12.2. The van der Waals surface area contributed by atoms with E-state index in [4.69, 9.17) is 16.0 Å². The summed E-state index contributed by atoms with van der Waals surface area (Å²) in [6.07, 6.45) is -1.05. The molecule has 1 aromatic carbocycles. The predicted molar refractivity (Wildman–Crippen MR) is 118 cm³/mol. The standard InChI is InChI=1S/C22H28N6O3/c1-13-20(26-18-4-3-5-19(25-18)27-10-8-24-9-11-27)16-12-15(21(23)30)6-7-17(16)28(14(2)29)22(13)31/h3-7,12-13,20,22,24,31H,8-11H2,1-2H3,(H3,23,25,26,30)/p-1/t13-,20?,22+/m1/s1. The Balaban J connectivity index is 1.71. The lowest BCUT2D eigenvalue weighted by Crippen LogP contribution is -2.48. The maximum Gasteiger partial charge on any atom is 0.248 e. The molecule has 0 radical (unpaired) electrons. The van der Waals surface area contributed by atoms with Crippen LogP contribution in [-0.2, 0) is 4.79 Å². The highest BCUT2D eigenvalue weighted by Crippen LogP contribution is 2.47. The molecule has 164 valence electrons. The van der Waals surface area contributed by atoms with Crippen LogP contribution in [0.25, 0.3) is 5.32 Å². The number of anilines is 2. The maximum atomic E-state index is 12.2. The van der Waals surface area contributed by atoms with Crippen molar-refractivity contribution in [2.75, 3.05) is 36.0 Å². The van der Waals surface area contributed by atoms with Gasteiger partial charge in [-0.2, -0.15) is 0 Å². The van der Waals surface area contributed by atoms with Crippen LogP contribution in [0.1, 0.15) is 35.8 Å². The van der Waals surface area contributed by atoms with Crippen LogP contribution in [-0.4, -0.2) is 54.3 Å². The molecule has 3 heterocycles. The number of rotatable bonds is 4. The SMILES string of the molecule is CC(=O)N1c2ccc(C(N)=O)cc2C([N-]c2cccc(N3CCNCC3)n2)[C@@H](C)[C@@H]1O. The van der Waals surface area contributed by atoms with Gasteiger partial charge in [-0.05, 0) is 35.9 Å². The molecule has 9 heteroatoms. The number of amides is 2. The third kappa shape index (κ3) is 4.06. The Labute approximate surface area is 181 Å². The molecular weight excluding hydrogens is 396 g/mol. The van der Waals surface area contributed by atoms with E-state index in [0.29, 0.717) is 22.6 Å². The van der Waals surface area contributed by atoms with E-state index in [9.17, 15) is 14.7 Å². The van der Waals surface area contributed by atoms with Gasteiger partial charge in [-0.15, -0.1) is 0 Å². The lowest BCUT2D eigenvalue weighted by Gasteiger charge is -2.45. The van der Waals surface area contributed by atoms with Crippen molar-refractivity contribution < 1.29 is 14.7 Å². The molecule has 4 N–H and O–H groups in total. The van der Waals surface area contributed by atoms with Gasteiger partial charge in [0, 0.05) is 56.1 Å². The highest BCUT2D eigenvalue weighted by Gasteiger charge is 2.38. The molecule has 0 saturated carbocycles. The van der Waals surface area contributed by atoms with Crippen LogP contribution in [0, 0.1) is 5.92 Å². The van der Waals surface area contributed by atoms with Crippen LogP contribution in [0.3, 0.4) is 0 Å². The number of benzene rings is 1. The minimum atomic E-state index is -1.05. The number of nitrogens with two attached hydrogens (primary N) is 1. The minimum Gasteiger partial charge on any atom is -0.457 e. The number of aromatic nitrogens is 1. The average Bonchev–Trinajstić information content (AvgIpc) is 2.77. The molecule has 2 aliphatic rings. The van der Waals surface area contributed by atoms with Crippen LogP contribution in [0.5, 0.6) is 0 Å². The van der Waals surface area contributed by atoms with Gasteiger partial charge >= 0.3 is 0 Å². The second-order valence-corrected chi connectivity index (χ2v) is 7.96. The molecule has 31 heavy (non-hydrogen) atoms. The zero-order chi connectivity index (χ0) is 22.1. The normalized spacial score (nSPS) is 23.3. The van der Waals surface area contributed by atoms with Gasteiger partial charge < -0.3 is 31.4 Å².